The van der Waals surface area contributed by atoms with Crippen molar-refractivity contribution in [3.63, 3.8) is 0 Å². The summed E-state index contributed by atoms with van der Waals surface area (Å²) >= 11 is 0. The van der Waals surface area contributed by atoms with Crippen LogP contribution in [0.3, 0.4) is 0 Å². The highest BCUT2D eigenvalue weighted by atomic mass is 16.5. The average Bonchev–Trinajstić information content (AvgIpc) is 2.43. The van der Waals surface area contributed by atoms with E-state index in [1.165, 1.54) is 6.42 Å². The van der Waals surface area contributed by atoms with Crippen LogP contribution in [0.5, 0.6) is 0 Å². The van der Waals surface area contributed by atoms with E-state index in [2.05, 4.69) is 6.92 Å². The number of hydrogen-bond acceptors (Lipinski definition) is 2. The summed E-state index contributed by atoms with van der Waals surface area (Å²) in [5.41, 5.74) is 5.90. The molecule has 54 valence electrons. The molecule has 0 amide bonds. The molecule has 0 spiro atoms. The fraction of sp³-hybridized carbons (Fsp3) is 1.00. The third-order valence-electron chi connectivity index (χ3n) is 2.30. The second kappa shape index (κ2) is 2.27. The molecule has 1 rings (SSSR count). The van der Waals surface area contributed by atoms with Crippen molar-refractivity contribution in [2.75, 3.05) is 20.3 Å². The smallest absolute Gasteiger partial charge is 0.0519 e. The lowest BCUT2D eigenvalue weighted by molar-refractivity contribution is 0.142. The fourth-order valence-corrected chi connectivity index (χ4v) is 1.38. The quantitative estimate of drug-likeness (QED) is 0.606. The lowest BCUT2D eigenvalue weighted by atomic mass is 10.1. The van der Waals surface area contributed by atoms with Crippen molar-refractivity contribution >= 4 is 0 Å². The van der Waals surface area contributed by atoms with Gasteiger partial charge in [0.15, 0.2) is 0 Å². The van der Waals surface area contributed by atoms with Gasteiger partial charge in [-0.2, -0.15) is 0 Å². The van der Waals surface area contributed by atoms with E-state index in [1.807, 2.05) is 0 Å². The maximum absolute atomic E-state index is 5.48. The van der Waals surface area contributed by atoms with Crippen LogP contribution in [0, 0.1) is 11.3 Å². The van der Waals surface area contributed by atoms with Crippen LogP contribution < -0.4 is 5.73 Å². The molecule has 0 saturated heterocycles. The summed E-state index contributed by atoms with van der Waals surface area (Å²) in [6.45, 7) is 3.92. The predicted octanol–water partition coefficient (Wildman–Crippen LogP) is 0.618. The zero-order chi connectivity index (χ0) is 6.91. The molecule has 0 unspecified atom stereocenters. The largest absolute Gasteiger partial charge is 0.384 e. The van der Waals surface area contributed by atoms with E-state index in [0.717, 1.165) is 19.1 Å². The molecular formula is C7H15NO. The Hall–Kier alpha value is -0.0800. The molecule has 2 N–H and O–H groups in total. The average molecular weight is 129 g/mol. The molecule has 0 radical (unpaired) electrons. The Morgan fingerprint density at radius 3 is 2.78 bits per heavy atom. The van der Waals surface area contributed by atoms with Crippen molar-refractivity contribution in [2.45, 2.75) is 13.3 Å². The monoisotopic (exact) mass is 129 g/mol. The van der Waals surface area contributed by atoms with Gasteiger partial charge in [0.25, 0.3) is 0 Å². The summed E-state index contributed by atoms with van der Waals surface area (Å²) in [6, 6.07) is 0. The van der Waals surface area contributed by atoms with Gasteiger partial charge in [0.1, 0.15) is 0 Å². The summed E-state index contributed by atoms with van der Waals surface area (Å²) < 4.78 is 5.05. The van der Waals surface area contributed by atoms with Gasteiger partial charge in [-0.15, -0.1) is 0 Å². The summed E-state index contributed by atoms with van der Waals surface area (Å²) in [7, 11) is 1.75. The van der Waals surface area contributed by atoms with Crippen LogP contribution in [0.1, 0.15) is 13.3 Å². The van der Waals surface area contributed by atoms with E-state index in [4.69, 9.17) is 10.5 Å². The van der Waals surface area contributed by atoms with Gasteiger partial charge in [0.05, 0.1) is 6.61 Å². The summed E-state index contributed by atoms with van der Waals surface area (Å²) in [5, 5.41) is 0. The van der Waals surface area contributed by atoms with Crippen LogP contribution in [0.2, 0.25) is 0 Å². The van der Waals surface area contributed by atoms with Crippen LogP contribution in [0.15, 0.2) is 0 Å². The number of rotatable bonds is 3. The Bertz CT molecular complexity index is 105. The van der Waals surface area contributed by atoms with Gasteiger partial charge in [-0.3, -0.25) is 0 Å². The molecule has 2 nitrogen and oxygen atoms in total. The molecule has 0 aliphatic heterocycles. The normalized spacial score (nSPS) is 41.0. The Kier molecular flexibility index (Phi) is 1.78. The molecule has 1 aliphatic rings. The van der Waals surface area contributed by atoms with Crippen molar-refractivity contribution in [2.24, 2.45) is 17.1 Å². The molecule has 1 saturated carbocycles. The molecule has 0 bridgehead atoms. The lowest BCUT2D eigenvalue weighted by Crippen LogP contribution is -2.12. The van der Waals surface area contributed by atoms with Crippen molar-refractivity contribution in [1.82, 2.24) is 0 Å². The van der Waals surface area contributed by atoms with Crippen LogP contribution in [0.4, 0.5) is 0 Å². The highest BCUT2D eigenvalue weighted by Crippen LogP contribution is 2.51. The molecule has 0 aromatic carbocycles. The minimum atomic E-state index is 0.420. The molecule has 0 aromatic rings. The standard InChI is InChI=1S/C7H15NO/c1-7(5-9-2)3-6(7)4-8/h6H,3-5,8H2,1-2H3/t6-,7+/m1/s1. The SMILES string of the molecule is COC[C@]1(C)C[C@@H]1CN. The van der Waals surface area contributed by atoms with Gasteiger partial charge in [0, 0.05) is 7.11 Å². The first-order chi connectivity index (χ1) is 4.23. The number of hydrogen-bond donors (Lipinski definition) is 1. The third-order valence-corrected chi connectivity index (χ3v) is 2.30. The van der Waals surface area contributed by atoms with Crippen LogP contribution in [-0.2, 0) is 4.74 Å². The van der Waals surface area contributed by atoms with Gasteiger partial charge >= 0.3 is 0 Å². The lowest BCUT2D eigenvalue weighted by Gasteiger charge is -2.06. The fourth-order valence-electron chi connectivity index (χ4n) is 1.38. The van der Waals surface area contributed by atoms with E-state index in [0.29, 0.717) is 5.41 Å². The van der Waals surface area contributed by atoms with Crippen LogP contribution in [-0.4, -0.2) is 20.3 Å². The van der Waals surface area contributed by atoms with Crippen molar-refractivity contribution in [1.29, 1.82) is 0 Å². The minimum absolute atomic E-state index is 0.420. The van der Waals surface area contributed by atoms with Crippen molar-refractivity contribution in [3.05, 3.63) is 0 Å². The molecule has 2 atom stereocenters. The molecule has 0 heterocycles. The number of nitrogens with two attached hydrogens (primary N) is 1. The maximum atomic E-state index is 5.48. The second-order valence-electron chi connectivity index (χ2n) is 3.22. The maximum Gasteiger partial charge on any atom is 0.0519 e. The first kappa shape index (κ1) is 7.03. The number of methoxy groups -OCH3 is 1. The van der Waals surface area contributed by atoms with Gasteiger partial charge < -0.3 is 10.5 Å². The third kappa shape index (κ3) is 1.25. The van der Waals surface area contributed by atoms with Gasteiger partial charge in [-0.05, 0) is 24.3 Å². The Morgan fingerprint density at radius 1 is 1.78 bits per heavy atom. The van der Waals surface area contributed by atoms with Crippen molar-refractivity contribution in [3.8, 4) is 0 Å². The Labute approximate surface area is 56.4 Å². The molecular weight excluding hydrogens is 114 g/mol. The van der Waals surface area contributed by atoms with E-state index in [1.54, 1.807) is 7.11 Å². The molecule has 1 aliphatic carbocycles. The van der Waals surface area contributed by atoms with Crippen molar-refractivity contribution < 1.29 is 4.74 Å². The van der Waals surface area contributed by atoms with Crippen LogP contribution >= 0.6 is 0 Å². The zero-order valence-electron chi connectivity index (χ0n) is 6.18. The second-order valence-corrected chi connectivity index (χ2v) is 3.22. The Balaban J connectivity index is 2.25. The van der Waals surface area contributed by atoms with E-state index in [9.17, 15) is 0 Å². The van der Waals surface area contributed by atoms with Gasteiger partial charge in [-0.25, -0.2) is 0 Å². The summed E-state index contributed by atoms with van der Waals surface area (Å²) in [5.74, 6) is 0.720. The first-order valence-corrected chi connectivity index (χ1v) is 3.42. The molecule has 0 aromatic heterocycles. The highest BCUT2D eigenvalue weighted by Gasteiger charge is 2.48. The highest BCUT2D eigenvalue weighted by molar-refractivity contribution is 4.98. The van der Waals surface area contributed by atoms with E-state index < -0.39 is 0 Å². The van der Waals surface area contributed by atoms with Gasteiger partial charge in [0.2, 0.25) is 0 Å². The van der Waals surface area contributed by atoms with E-state index in [-0.39, 0.29) is 0 Å². The Morgan fingerprint density at radius 2 is 2.44 bits per heavy atom. The first-order valence-electron chi connectivity index (χ1n) is 3.42. The number of ether oxygens (including phenoxy) is 1. The van der Waals surface area contributed by atoms with Crippen LogP contribution in [0.25, 0.3) is 0 Å². The zero-order valence-corrected chi connectivity index (χ0v) is 6.18. The van der Waals surface area contributed by atoms with Gasteiger partial charge in [-0.1, -0.05) is 6.92 Å². The molecule has 9 heavy (non-hydrogen) atoms. The summed E-state index contributed by atoms with van der Waals surface area (Å²) in [4.78, 5) is 0. The van der Waals surface area contributed by atoms with E-state index >= 15 is 0 Å². The molecule has 2 heteroatoms. The minimum Gasteiger partial charge on any atom is -0.384 e. The predicted molar refractivity (Wildman–Crippen MR) is 37.1 cm³/mol. The molecule has 1 fully saturated rings. The topological polar surface area (TPSA) is 35.2 Å². The summed E-state index contributed by atoms with van der Waals surface area (Å²) in [6.07, 6.45) is 1.25.